The molecule has 6 heteroatoms. The molecule has 0 aliphatic heterocycles. The van der Waals surface area contributed by atoms with Gasteiger partial charge >= 0.3 is 0 Å². The molecule has 0 atom stereocenters. The molecular weight excluding hydrogens is 899 g/mol. The van der Waals surface area contributed by atoms with E-state index in [1.54, 1.807) is 0 Å². The first-order valence-corrected chi connectivity index (χ1v) is 20.4. The molecule has 2 N–H and O–H groups in total. The second kappa shape index (κ2) is 23.3. The number of unbranched alkanes of at least 4 members (excludes halogenated alkanes) is 6. The molecule has 0 radical (unpaired) electrons. The first-order valence-electron chi connectivity index (χ1n) is 16.9. The predicted octanol–water partition coefficient (Wildman–Crippen LogP) is 15.2. The Morgan fingerprint density at radius 3 is 1.15 bits per heavy atom. The summed E-state index contributed by atoms with van der Waals surface area (Å²) in [6.07, 6.45) is 12.9. The van der Waals surface area contributed by atoms with E-state index in [1.165, 1.54) is 78.2 Å². The van der Waals surface area contributed by atoms with Gasteiger partial charge in [-0.15, -0.1) is 0 Å². The van der Waals surface area contributed by atoms with Gasteiger partial charge in [-0.3, -0.25) is 0 Å². The molecule has 2 nitrogen and oxygen atoms in total. The summed E-state index contributed by atoms with van der Waals surface area (Å²) in [5.74, 6) is 0. The highest BCUT2D eigenvalue weighted by Crippen LogP contribution is 2.35. The third-order valence-corrected chi connectivity index (χ3v) is 10.1. The number of nitrogens with zero attached hydrogens (tertiary/aromatic N) is 1. The van der Waals surface area contributed by atoms with E-state index in [-0.39, 0.29) is 0 Å². The van der Waals surface area contributed by atoms with E-state index in [4.69, 9.17) is 5.73 Å². The highest BCUT2D eigenvalue weighted by molar-refractivity contribution is 14.1. The Labute approximate surface area is 328 Å². The van der Waals surface area contributed by atoms with Crippen molar-refractivity contribution in [3.05, 3.63) is 149 Å². The number of hydrogen-bond donors (Lipinski definition) is 1. The number of aryl methyl sites for hydroxylation is 2. The average molecular weight is 947 g/mol. The summed E-state index contributed by atoms with van der Waals surface area (Å²) in [6.45, 7) is 4.50. The van der Waals surface area contributed by atoms with Crippen molar-refractivity contribution < 1.29 is 0 Å². The summed E-state index contributed by atoms with van der Waals surface area (Å²) in [5, 5.41) is 0. The fourth-order valence-corrected chi connectivity index (χ4v) is 6.22. The number of nitrogen functional groups attached to an aromatic ring is 1. The lowest BCUT2D eigenvalue weighted by Gasteiger charge is -2.25. The van der Waals surface area contributed by atoms with Crippen LogP contribution in [0.25, 0.3) is 0 Å². The van der Waals surface area contributed by atoms with E-state index in [2.05, 4.69) is 186 Å². The molecule has 0 saturated carbocycles. The van der Waals surface area contributed by atoms with Crippen LogP contribution < -0.4 is 10.6 Å². The van der Waals surface area contributed by atoms with Gasteiger partial charge in [0.05, 0.1) is 0 Å². The molecule has 0 aromatic heterocycles. The minimum atomic E-state index is 0.859. The Kier molecular flexibility index (Phi) is 19.6. The summed E-state index contributed by atoms with van der Waals surface area (Å²) in [7, 11) is 0. The van der Waals surface area contributed by atoms with E-state index in [9.17, 15) is 0 Å². The van der Waals surface area contributed by atoms with Gasteiger partial charge in [-0.2, -0.15) is 0 Å². The molecule has 0 spiro atoms. The van der Waals surface area contributed by atoms with Crippen molar-refractivity contribution >= 4 is 93.1 Å². The van der Waals surface area contributed by atoms with Gasteiger partial charge in [0.15, 0.2) is 0 Å². The number of rotatable bonds is 13. The molecule has 0 amide bonds. The van der Waals surface area contributed by atoms with Crippen LogP contribution in [0.1, 0.15) is 76.3 Å². The van der Waals surface area contributed by atoms with Crippen molar-refractivity contribution in [2.24, 2.45) is 0 Å². The molecule has 5 aromatic rings. The summed E-state index contributed by atoms with van der Waals surface area (Å²) < 4.78 is 4.58. The molecule has 0 aliphatic rings. The quantitative estimate of drug-likeness (QED) is 0.0724. The minimum Gasteiger partial charge on any atom is -0.399 e. The second-order valence-electron chi connectivity index (χ2n) is 11.8. The fraction of sp³-hybridized carbons (Fsp3) is 0.286. The van der Waals surface area contributed by atoms with Crippen LogP contribution in [-0.2, 0) is 12.8 Å². The zero-order valence-electron chi connectivity index (χ0n) is 28.2. The number of benzene rings is 5. The summed E-state index contributed by atoms with van der Waals surface area (Å²) in [4.78, 5) is 2.29. The van der Waals surface area contributed by atoms with Crippen molar-refractivity contribution in [1.29, 1.82) is 0 Å². The van der Waals surface area contributed by atoms with Crippen LogP contribution in [0.15, 0.2) is 135 Å². The van der Waals surface area contributed by atoms with Crippen molar-refractivity contribution in [1.82, 2.24) is 0 Å². The zero-order valence-corrected chi connectivity index (χ0v) is 35.1. The van der Waals surface area contributed by atoms with Gasteiger partial charge in [0.25, 0.3) is 0 Å². The second-order valence-corrected chi connectivity index (χ2v) is 15.7. The van der Waals surface area contributed by atoms with E-state index in [1.807, 2.05) is 24.3 Å². The molecule has 254 valence electrons. The molecule has 0 saturated heterocycles. The summed E-state index contributed by atoms with van der Waals surface area (Å²) >= 11 is 12.7. The standard InChI is InChI=1S/C24H25Br2N.C12H19N.C6H4BrI/c1-2-3-4-5-6-19-7-13-22(14-8-19)27(23-15-9-20(25)10-16-23)24-17-11-21(26)12-18-24;1-2-3-4-5-6-11-7-9-12(13)10-8-11;7-5-1-3-6(8)4-2-5/h7-18H,2-6H2,1H3;7-10H,2-6,13H2,1H3;1-4H. The number of anilines is 4. The van der Waals surface area contributed by atoms with Gasteiger partial charge in [0.1, 0.15) is 0 Å². The molecule has 5 aromatic carbocycles. The van der Waals surface area contributed by atoms with Crippen molar-refractivity contribution in [2.45, 2.75) is 78.1 Å². The highest BCUT2D eigenvalue weighted by atomic mass is 127. The molecule has 5 rings (SSSR count). The molecule has 0 bridgehead atoms. The normalized spacial score (nSPS) is 10.4. The molecule has 0 unspecified atom stereocenters. The molecule has 0 fully saturated rings. The molecule has 0 heterocycles. The van der Waals surface area contributed by atoms with E-state index in [0.29, 0.717) is 0 Å². The largest absolute Gasteiger partial charge is 0.399 e. The fourth-order valence-electron chi connectivity index (χ4n) is 5.06. The number of nitrogens with two attached hydrogens (primary N) is 1. The van der Waals surface area contributed by atoms with Crippen LogP contribution in [0, 0.1) is 3.57 Å². The van der Waals surface area contributed by atoms with Crippen LogP contribution in [0.3, 0.4) is 0 Å². The van der Waals surface area contributed by atoms with E-state index >= 15 is 0 Å². The maximum Gasteiger partial charge on any atom is 0.0462 e. The summed E-state index contributed by atoms with van der Waals surface area (Å²) in [5.41, 5.74) is 12.8. The molecular formula is C42H48Br3IN2. The van der Waals surface area contributed by atoms with Crippen LogP contribution in [-0.4, -0.2) is 0 Å². The van der Waals surface area contributed by atoms with E-state index in [0.717, 1.165) is 36.9 Å². The maximum atomic E-state index is 5.60. The number of hydrogen-bond acceptors (Lipinski definition) is 2. The van der Waals surface area contributed by atoms with E-state index < -0.39 is 0 Å². The Morgan fingerprint density at radius 2 is 0.792 bits per heavy atom. The molecule has 0 aliphatic carbocycles. The van der Waals surface area contributed by atoms with Crippen LogP contribution in [0.2, 0.25) is 0 Å². The van der Waals surface area contributed by atoms with Crippen LogP contribution in [0.4, 0.5) is 22.7 Å². The van der Waals surface area contributed by atoms with Gasteiger partial charge in [-0.1, -0.05) is 124 Å². The lowest BCUT2D eigenvalue weighted by atomic mass is 10.1. The Bertz CT molecular complexity index is 1490. The SMILES string of the molecule is Brc1ccc(I)cc1.CCCCCCc1ccc(N(c2ccc(Br)cc2)c2ccc(Br)cc2)cc1.CCCCCCc1ccc(N)cc1. The van der Waals surface area contributed by atoms with Crippen LogP contribution in [0.5, 0.6) is 0 Å². The zero-order chi connectivity index (χ0) is 34.6. The first kappa shape index (κ1) is 40.3. The third kappa shape index (κ3) is 15.6. The molecule has 48 heavy (non-hydrogen) atoms. The third-order valence-electron chi connectivity index (χ3n) is 7.79. The topological polar surface area (TPSA) is 29.3 Å². The van der Waals surface area contributed by atoms with Crippen molar-refractivity contribution in [3.63, 3.8) is 0 Å². The Hall–Kier alpha value is -2.13. The first-order chi connectivity index (χ1) is 23.3. The van der Waals surface area contributed by atoms with Crippen molar-refractivity contribution in [3.8, 4) is 0 Å². The highest BCUT2D eigenvalue weighted by Gasteiger charge is 2.12. The van der Waals surface area contributed by atoms with Gasteiger partial charge < -0.3 is 10.6 Å². The average Bonchev–Trinajstić information content (AvgIpc) is 3.10. The Balaban J connectivity index is 0.000000244. The summed E-state index contributed by atoms with van der Waals surface area (Å²) in [6, 6.07) is 42.3. The van der Waals surface area contributed by atoms with Crippen LogP contribution >= 0.6 is 70.4 Å². The van der Waals surface area contributed by atoms with Gasteiger partial charge in [0, 0.05) is 39.7 Å². The van der Waals surface area contributed by atoms with Gasteiger partial charge in [0.2, 0.25) is 0 Å². The Morgan fingerprint density at radius 1 is 0.458 bits per heavy atom. The van der Waals surface area contributed by atoms with Crippen molar-refractivity contribution in [2.75, 3.05) is 10.6 Å². The van der Waals surface area contributed by atoms with Gasteiger partial charge in [-0.05, 0) is 156 Å². The lowest BCUT2D eigenvalue weighted by Crippen LogP contribution is -2.09. The smallest absolute Gasteiger partial charge is 0.0462 e. The predicted molar refractivity (Wildman–Crippen MR) is 230 cm³/mol. The van der Waals surface area contributed by atoms with Gasteiger partial charge in [-0.25, -0.2) is 0 Å². The minimum absolute atomic E-state index is 0.859. The maximum absolute atomic E-state index is 5.60. The monoisotopic (exact) mass is 944 g/mol. The lowest BCUT2D eigenvalue weighted by molar-refractivity contribution is 0.667. The number of halogens is 4.